The Morgan fingerprint density at radius 1 is 1.00 bits per heavy atom. The molecule has 1 unspecified atom stereocenters. The molecule has 0 saturated heterocycles. The Balaban J connectivity index is 2.54. The first-order chi connectivity index (χ1) is 18.5. The Hall–Kier alpha value is -0.776. The van der Waals surface area contributed by atoms with Gasteiger partial charge in [-0.3, -0.25) is 0 Å². The summed E-state index contributed by atoms with van der Waals surface area (Å²) < 4.78 is 33.3. The maximum Gasteiger partial charge on any atom is 0.192 e. The van der Waals surface area contributed by atoms with Crippen LogP contribution in [0.25, 0.3) is 0 Å². The molecule has 0 heterocycles. The maximum absolute atomic E-state index is 15.0. The van der Waals surface area contributed by atoms with Gasteiger partial charge in [-0.15, -0.1) is 0 Å². The normalized spacial score (nSPS) is 22.0. The van der Waals surface area contributed by atoms with Crippen molar-refractivity contribution in [2.24, 2.45) is 16.2 Å². The average Bonchev–Trinajstić information content (AvgIpc) is 3.27. The van der Waals surface area contributed by atoms with Crippen LogP contribution in [0.1, 0.15) is 87.1 Å². The zero-order valence-electron chi connectivity index (χ0n) is 28.6. The van der Waals surface area contributed by atoms with Crippen LogP contribution in [0.5, 0.6) is 0 Å². The van der Waals surface area contributed by atoms with Gasteiger partial charge in [0.1, 0.15) is 0 Å². The van der Waals surface area contributed by atoms with Crippen molar-refractivity contribution in [3.05, 3.63) is 40.8 Å². The number of rotatable bonds is 11. The summed E-state index contributed by atoms with van der Waals surface area (Å²) in [6.45, 7) is 31.1. The molecule has 0 spiro atoms. The van der Waals surface area contributed by atoms with Crippen molar-refractivity contribution < 1.29 is 18.2 Å². The summed E-state index contributed by atoms with van der Waals surface area (Å²) in [5.41, 5.74) is 2.17. The lowest BCUT2D eigenvalue weighted by Gasteiger charge is -2.40. The number of aliphatic hydroxyl groups is 1. The average molecular weight is 624 g/mol. The Kier molecular flexibility index (Phi) is 12.0. The van der Waals surface area contributed by atoms with Crippen molar-refractivity contribution in [2.45, 2.75) is 148 Å². The van der Waals surface area contributed by atoms with Crippen LogP contribution in [0.15, 0.2) is 44.5 Å². The molecule has 8 heteroatoms. The number of aryl methyl sites for hydroxylation is 1. The number of nitrogens with zero attached hydrogens (tertiary/aromatic N) is 1. The lowest BCUT2D eigenvalue weighted by Crippen LogP contribution is -2.47. The standard InChI is InChI=1S/C33H61NO4SSi2/c1-24(2)30(22-37-40(11,12)32(5,6)7)34-39(36,28-20-18-25(3)19-21-28)23-27-16-15-17-29(27)31(35)26(4)38-41(13,14)33(8,9)10/h18-21,23-24,26,29-31,35H,15-17,22H2,1-14H3/b27-23-/t26-,29-,30+,31+,39?/m1/s1. The van der Waals surface area contributed by atoms with Gasteiger partial charge in [-0.2, -0.15) is 0 Å². The lowest BCUT2D eigenvalue weighted by atomic mass is 9.94. The molecule has 1 aliphatic carbocycles. The van der Waals surface area contributed by atoms with Crippen molar-refractivity contribution in [2.75, 3.05) is 6.61 Å². The van der Waals surface area contributed by atoms with Crippen LogP contribution in [-0.4, -0.2) is 50.8 Å². The Morgan fingerprint density at radius 2 is 1.54 bits per heavy atom. The van der Waals surface area contributed by atoms with E-state index in [-0.39, 0.29) is 34.1 Å². The summed E-state index contributed by atoms with van der Waals surface area (Å²) in [6, 6.07) is 7.72. The largest absolute Gasteiger partial charge is 0.415 e. The van der Waals surface area contributed by atoms with E-state index in [2.05, 4.69) is 81.6 Å². The zero-order chi connectivity index (χ0) is 31.6. The number of aliphatic hydroxyl groups excluding tert-OH is 1. The molecule has 41 heavy (non-hydrogen) atoms. The Morgan fingerprint density at radius 3 is 2.02 bits per heavy atom. The van der Waals surface area contributed by atoms with E-state index >= 15 is 0 Å². The van der Waals surface area contributed by atoms with Crippen molar-refractivity contribution in [3.63, 3.8) is 0 Å². The highest BCUT2D eigenvalue weighted by Crippen LogP contribution is 2.41. The van der Waals surface area contributed by atoms with Crippen molar-refractivity contribution in [3.8, 4) is 0 Å². The van der Waals surface area contributed by atoms with Gasteiger partial charge < -0.3 is 14.0 Å². The Labute approximate surface area is 255 Å². The second-order valence-electron chi connectivity index (χ2n) is 15.6. The van der Waals surface area contributed by atoms with Crippen LogP contribution in [0.4, 0.5) is 0 Å². The summed E-state index contributed by atoms with van der Waals surface area (Å²) >= 11 is 0. The second kappa shape index (κ2) is 13.5. The molecule has 0 radical (unpaired) electrons. The molecule has 1 fully saturated rings. The molecule has 1 aliphatic rings. The summed E-state index contributed by atoms with van der Waals surface area (Å²) in [6.07, 6.45) is 1.70. The minimum Gasteiger partial charge on any atom is -0.415 e. The smallest absolute Gasteiger partial charge is 0.192 e. The number of benzene rings is 1. The zero-order valence-corrected chi connectivity index (χ0v) is 31.4. The monoisotopic (exact) mass is 623 g/mol. The van der Waals surface area contributed by atoms with Gasteiger partial charge in [0, 0.05) is 11.3 Å². The predicted molar refractivity (Wildman–Crippen MR) is 181 cm³/mol. The molecular formula is C33H61NO4SSi2. The van der Waals surface area contributed by atoms with E-state index in [0.29, 0.717) is 6.61 Å². The molecule has 1 N–H and O–H groups in total. The fraction of sp³-hybridized carbons (Fsp3) is 0.758. The molecule has 0 aromatic heterocycles. The van der Waals surface area contributed by atoms with Crippen molar-refractivity contribution in [1.82, 2.24) is 0 Å². The van der Waals surface area contributed by atoms with E-state index < -0.39 is 32.5 Å². The Bertz CT molecular complexity index is 1150. The third kappa shape index (κ3) is 9.35. The number of hydrogen-bond donors (Lipinski definition) is 1. The third-order valence-corrected chi connectivity index (χ3v) is 21.0. The molecule has 1 aromatic rings. The second-order valence-corrected chi connectivity index (χ2v) is 27.3. The first-order valence-electron chi connectivity index (χ1n) is 15.5. The fourth-order valence-corrected chi connectivity index (χ4v) is 9.32. The summed E-state index contributed by atoms with van der Waals surface area (Å²) in [7, 11) is -6.95. The molecule has 0 amide bonds. The quantitative estimate of drug-likeness (QED) is 0.249. The molecule has 0 aliphatic heterocycles. The minimum absolute atomic E-state index is 0.0618. The van der Waals surface area contributed by atoms with Crippen LogP contribution >= 0.6 is 0 Å². The molecule has 5 nitrogen and oxygen atoms in total. The van der Waals surface area contributed by atoms with Crippen LogP contribution in [0.3, 0.4) is 0 Å². The van der Waals surface area contributed by atoms with E-state index in [9.17, 15) is 9.32 Å². The van der Waals surface area contributed by atoms with Crippen LogP contribution in [0.2, 0.25) is 36.3 Å². The molecule has 1 aromatic carbocycles. The predicted octanol–water partition coefficient (Wildman–Crippen LogP) is 9.32. The highest BCUT2D eigenvalue weighted by Gasteiger charge is 2.42. The highest BCUT2D eigenvalue weighted by atomic mass is 32.2. The third-order valence-electron chi connectivity index (χ3n) is 9.79. The van der Waals surface area contributed by atoms with E-state index in [1.807, 2.05) is 43.5 Å². The lowest BCUT2D eigenvalue weighted by molar-refractivity contribution is 0.0110. The molecule has 5 atom stereocenters. The maximum atomic E-state index is 15.0. The van der Waals surface area contributed by atoms with Gasteiger partial charge >= 0.3 is 0 Å². The molecular weight excluding hydrogens is 563 g/mol. The number of hydrogen-bond acceptors (Lipinski definition) is 5. The molecule has 236 valence electrons. The summed E-state index contributed by atoms with van der Waals surface area (Å²) in [5, 5.41) is 13.6. The van der Waals surface area contributed by atoms with Gasteiger partial charge in [0.05, 0.1) is 39.5 Å². The topological polar surface area (TPSA) is 68.1 Å². The van der Waals surface area contributed by atoms with Gasteiger partial charge in [-0.1, -0.05) is 78.7 Å². The van der Waals surface area contributed by atoms with Crippen molar-refractivity contribution in [1.29, 1.82) is 0 Å². The van der Waals surface area contributed by atoms with Gasteiger partial charge in [-0.05, 0) is 87.4 Å². The highest BCUT2D eigenvalue weighted by molar-refractivity contribution is 7.96. The van der Waals surface area contributed by atoms with Crippen LogP contribution in [-0.2, 0) is 18.6 Å². The van der Waals surface area contributed by atoms with E-state index in [4.69, 9.17) is 13.2 Å². The van der Waals surface area contributed by atoms with Gasteiger partial charge in [0.2, 0.25) is 0 Å². The fourth-order valence-electron chi connectivity index (χ4n) is 4.63. The summed E-state index contributed by atoms with van der Waals surface area (Å²) in [5.74, 6) is 0.0876. The molecule has 1 saturated carbocycles. The van der Waals surface area contributed by atoms with Gasteiger partial charge in [0.25, 0.3) is 0 Å². The first-order valence-corrected chi connectivity index (χ1v) is 22.9. The SMILES string of the molecule is Cc1ccc(S(=O)(/C=C2/CCC[C@H]2[C@@H](O)[C@@H](C)O[Si](C)(C)C(C)(C)C)=N[C@@H](CO[Si](C)(C)C(C)(C)C)C(C)C)cc1. The van der Waals surface area contributed by atoms with Gasteiger partial charge in [0.15, 0.2) is 16.6 Å². The minimum atomic E-state index is -2.91. The molecule has 2 rings (SSSR count). The van der Waals surface area contributed by atoms with E-state index in [0.717, 1.165) is 35.3 Å². The van der Waals surface area contributed by atoms with E-state index in [1.54, 1.807) is 0 Å². The molecule has 0 bridgehead atoms. The van der Waals surface area contributed by atoms with Crippen LogP contribution < -0.4 is 0 Å². The van der Waals surface area contributed by atoms with E-state index in [1.165, 1.54) is 0 Å². The van der Waals surface area contributed by atoms with Crippen molar-refractivity contribution >= 4 is 26.4 Å². The van der Waals surface area contributed by atoms with Gasteiger partial charge in [-0.25, -0.2) is 8.57 Å². The summed E-state index contributed by atoms with van der Waals surface area (Å²) in [4.78, 5) is 0.722. The van der Waals surface area contributed by atoms with Crippen LogP contribution in [0, 0.1) is 18.8 Å². The first kappa shape index (κ1) is 36.4.